The fourth-order valence-electron chi connectivity index (χ4n) is 1.59. The molecule has 0 aliphatic heterocycles. The van der Waals surface area contributed by atoms with E-state index >= 15 is 0 Å². The first-order valence-corrected chi connectivity index (χ1v) is 7.40. The van der Waals surface area contributed by atoms with Crippen molar-refractivity contribution in [2.24, 2.45) is 0 Å². The fourth-order valence-corrected chi connectivity index (χ4v) is 3.40. The molecule has 0 amide bonds. The van der Waals surface area contributed by atoms with Crippen molar-refractivity contribution >= 4 is 27.6 Å². The quantitative estimate of drug-likeness (QED) is 0.816. The largest absolute Gasteiger partial charge is 0.478 e. The summed E-state index contributed by atoms with van der Waals surface area (Å²) in [7, 11) is -4.18. The van der Waals surface area contributed by atoms with Crippen molar-refractivity contribution in [3.05, 3.63) is 41.2 Å². The lowest BCUT2D eigenvalue weighted by atomic mass is 10.2. The summed E-state index contributed by atoms with van der Waals surface area (Å²) in [5.74, 6) is -2.92. The second-order valence-electron chi connectivity index (χ2n) is 3.81. The zero-order valence-electron chi connectivity index (χ0n) is 10.6. The molecule has 0 radical (unpaired) electrons. The number of benzene rings is 1. The van der Waals surface area contributed by atoms with Gasteiger partial charge in [0, 0.05) is 18.1 Å². The van der Waals surface area contributed by atoms with Crippen LogP contribution in [0.2, 0.25) is 5.02 Å². The van der Waals surface area contributed by atoms with Gasteiger partial charge in [0.05, 0.1) is 5.56 Å². The lowest BCUT2D eigenvalue weighted by molar-refractivity contribution is 0.0691. The maximum atomic E-state index is 14.1. The molecule has 110 valence electrons. The molecule has 0 bridgehead atoms. The second-order valence-corrected chi connectivity index (χ2v) is 6.16. The van der Waals surface area contributed by atoms with Crippen molar-refractivity contribution < 1.29 is 22.7 Å². The Hall–Kier alpha value is -1.44. The number of carbonyl (C=O) groups is 1. The highest BCUT2D eigenvalue weighted by Gasteiger charge is 2.29. The molecule has 0 atom stereocenters. The van der Waals surface area contributed by atoms with E-state index in [0.29, 0.717) is 0 Å². The van der Waals surface area contributed by atoms with Crippen molar-refractivity contribution in [3.63, 3.8) is 0 Å². The van der Waals surface area contributed by atoms with Gasteiger partial charge in [0.1, 0.15) is 4.90 Å². The summed E-state index contributed by atoms with van der Waals surface area (Å²) < 4.78 is 39.6. The smallest absolute Gasteiger partial charge is 0.338 e. The Labute approximate surface area is 121 Å². The fraction of sp³-hybridized carbons (Fsp3) is 0.250. The van der Waals surface area contributed by atoms with E-state index in [1.807, 2.05) is 0 Å². The van der Waals surface area contributed by atoms with Gasteiger partial charge in [-0.3, -0.25) is 0 Å². The Morgan fingerprint density at radius 3 is 2.60 bits per heavy atom. The molecule has 0 fully saturated rings. The molecule has 5 nitrogen and oxygen atoms in total. The molecule has 0 heterocycles. The molecule has 8 heteroatoms. The summed E-state index contributed by atoms with van der Waals surface area (Å²) in [5.41, 5.74) is -0.786. The Morgan fingerprint density at radius 2 is 2.15 bits per heavy atom. The number of halogens is 2. The number of aromatic carboxylic acids is 1. The van der Waals surface area contributed by atoms with E-state index in [0.717, 1.165) is 16.4 Å². The van der Waals surface area contributed by atoms with E-state index in [4.69, 9.17) is 16.7 Å². The molecule has 1 aromatic rings. The van der Waals surface area contributed by atoms with Crippen molar-refractivity contribution in [3.8, 4) is 0 Å². The van der Waals surface area contributed by atoms with Gasteiger partial charge >= 0.3 is 5.97 Å². The van der Waals surface area contributed by atoms with E-state index in [1.54, 1.807) is 6.92 Å². The maximum Gasteiger partial charge on any atom is 0.338 e. The molecule has 0 aliphatic rings. The molecule has 0 unspecified atom stereocenters. The average molecular weight is 322 g/mol. The average Bonchev–Trinajstić information content (AvgIpc) is 2.37. The second kappa shape index (κ2) is 6.34. The number of sulfonamides is 1. The number of carboxylic acids is 1. The summed E-state index contributed by atoms with van der Waals surface area (Å²) >= 11 is 5.66. The predicted molar refractivity (Wildman–Crippen MR) is 73.0 cm³/mol. The zero-order valence-corrected chi connectivity index (χ0v) is 12.2. The van der Waals surface area contributed by atoms with Crippen molar-refractivity contribution in [1.82, 2.24) is 4.31 Å². The van der Waals surface area contributed by atoms with E-state index < -0.39 is 32.3 Å². The van der Waals surface area contributed by atoms with Gasteiger partial charge in [0.25, 0.3) is 0 Å². The summed E-state index contributed by atoms with van der Waals surface area (Å²) in [6.07, 6.45) is 1.35. The SMILES string of the molecule is C=CCN(CC)S(=O)(=O)c1cc(Cl)cc(C(=O)O)c1F. The molecular formula is C12H13ClFNO4S. The number of likely N-dealkylation sites (N-methyl/N-ethyl adjacent to an activating group) is 1. The third kappa shape index (κ3) is 3.17. The van der Waals surface area contributed by atoms with Gasteiger partial charge in [-0.05, 0) is 12.1 Å². The summed E-state index contributed by atoms with van der Waals surface area (Å²) in [6, 6.07) is 1.76. The molecule has 1 rings (SSSR count). The lowest BCUT2D eigenvalue weighted by Gasteiger charge is -2.19. The van der Waals surface area contributed by atoms with Crippen LogP contribution in [0.1, 0.15) is 17.3 Å². The monoisotopic (exact) mass is 321 g/mol. The van der Waals surface area contributed by atoms with Gasteiger partial charge in [-0.1, -0.05) is 24.6 Å². The summed E-state index contributed by atoms with van der Waals surface area (Å²) in [6.45, 7) is 5.06. The van der Waals surface area contributed by atoms with Gasteiger partial charge in [-0.15, -0.1) is 6.58 Å². The highest BCUT2D eigenvalue weighted by atomic mass is 35.5. The molecule has 0 saturated heterocycles. The van der Waals surface area contributed by atoms with E-state index in [1.165, 1.54) is 6.08 Å². The molecule has 0 aliphatic carbocycles. The summed E-state index contributed by atoms with van der Waals surface area (Å²) in [4.78, 5) is 10.1. The molecule has 1 aromatic carbocycles. The van der Waals surface area contributed by atoms with Crippen LogP contribution in [0.5, 0.6) is 0 Å². The van der Waals surface area contributed by atoms with E-state index in [9.17, 15) is 17.6 Å². The molecule has 0 aromatic heterocycles. The zero-order chi connectivity index (χ0) is 15.5. The first kappa shape index (κ1) is 16.6. The number of rotatable bonds is 6. The molecular weight excluding hydrogens is 309 g/mol. The van der Waals surface area contributed by atoms with Gasteiger partial charge in [-0.25, -0.2) is 17.6 Å². The first-order chi connectivity index (χ1) is 9.25. The van der Waals surface area contributed by atoms with Crippen LogP contribution >= 0.6 is 11.6 Å². The van der Waals surface area contributed by atoms with Crippen molar-refractivity contribution in [1.29, 1.82) is 0 Å². The first-order valence-electron chi connectivity index (χ1n) is 5.59. The Morgan fingerprint density at radius 1 is 1.55 bits per heavy atom. The Bertz CT molecular complexity index is 645. The topological polar surface area (TPSA) is 74.7 Å². The van der Waals surface area contributed by atoms with Crippen LogP contribution in [0.25, 0.3) is 0 Å². The van der Waals surface area contributed by atoms with Crippen molar-refractivity contribution in [2.45, 2.75) is 11.8 Å². The lowest BCUT2D eigenvalue weighted by Crippen LogP contribution is -2.32. The Balaban J connectivity index is 3.53. The van der Waals surface area contributed by atoms with Crippen molar-refractivity contribution in [2.75, 3.05) is 13.1 Å². The number of nitrogens with zero attached hydrogens (tertiary/aromatic N) is 1. The minimum Gasteiger partial charge on any atom is -0.478 e. The Kier molecular flexibility index (Phi) is 5.27. The van der Waals surface area contributed by atoms with Gasteiger partial charge in [-0.2, -0.15) is 4.31 Å². The maximum absolute atomic E-state index is 14.1. The number of carboxylic acid groups (broad SMARTS) is 1. The molecule has 1 N–H and O–H groups in total. The number of hydrogen-bond donors (Lipinski definition) is 1. The molecule has 0 saturated carbocycles. The van der Waals surface area contributed by atoms with E-state index in [-0.39, 0.29) is 18.1 Å². The van der Waals surface area contributed by atoms with Crippen LogP contribution in [-0.4, -0.2) is 36.9 Å². The van der Waals surface area contributed by atoms with Gasteiger partial charge in [0.15, 0.2) is 5.82 Å². The third-order valence-electron chi connectivity index (χ3n) is 2.54. The minimum absolute atomic E-state index is 0.0206. The predicted octanol–water partition coefficient (Wildman–Crippen LogP) is 2.37. The van der Waals surface area contributed by atoms with Gasteiger partial charge < -0.3 is 5.11 Å². The van der Waals surface area contributed by atoms with Crippen LogP contribution in [0, 0.1) is 5.82 Å². The molecule has 0 spiro atoms. The van der Waals surface area contributed by atoms with Crippen LogP contribution in [0.4, 0.5) is 4.39 Å². The highest BCUT2D eigenvalue weighted by molar-refractivity contribution is 7.89. The minimum atomic E-state index is -4.18. The van der Waals surface area contributed by atoms with Crippen LogP contribution in [0.3, 0.4) is 0 Å². The molecule has 20 heavy (non-hydrogen) atoms. The third-order valence-corrected chi connectivity index (χ3v) is 4.70. The summed E-state index contributed by atoms with van der Waals surface area (Å²) in [5, 5.41) is 8.69. The van der Waals surface area contributed by atoms with Crippen LogP contribution in [-0.2, 0) is 10.0 Å². The van der Waals surface area contributed by atoms with E-state index in [2.05, 4.69) is 6.58 Å². The van der Waals surface area contributed by atoms with Gasteiger partial charge in [0.2, 0.25) is 10.0 Å². The normalized spacial score (nSPS) is 11.6. The number of hydrogen-bond acceptors (Lipinski definition) is 3. The van der Waals surface area contributed by atoms with Crippen LogP contribution in [0.15, 0.2) is 29.7 Å². The standard InChI is InChI=1S/C12H13ClFNO4S/c1-3-5-15(4-2)20(18,19)10-7-8(13)6-9(11(10)14)12(16)17/h3,6-7H,1,4-5H2,2H3,(H,16,17). The highest BCUT2D eigenvalue weighted by Crippen LogP contribution is 2.26. The van der Waals surface area contributed by atoms with Crippen LogP contribution < -0.4 is 0 Å².